The number of pyridine rings is 1. The van der Waals surface area contributed by atoms with Crippen molar-refractivity contribution in [2.45, 2.75) is 0 Å². The van der Waals surface area contributed by atoms with Crippen LogP contribution in [0.5, 0.6) is 5.75 Å². The number of amides is 1. The van der Waals surface area contributed by atoms with Gasteiger partial charge in [-0.15, -0.1) is 0 Å². The Morgan fingerprint density at radius 3 is 2.62 bits per heavy atom. The van der Waals surface area contributed by atoms with Gasteiger partial charge in [0.15, 0.2) is 0 Å². The summed E-state index contributed by atoms with van der Waals surface area (Å²) in [7, 11) is 2.90. The Balaban J connectivity index is 2.75. The molecule has 1 rings (SSSR count). The molecule has 1 amide bonds. The molecule has 0 aromatic carbocycles. The first-order valence-corrected chi connectivity index (χ1v) is 4.52. The van der Waals surface area contributed by atoms with Gasteiger partial charge in [0.25, 0.3) is 5.91 Å². The van der Waals surface area contributed by atoms with Gasteiger partial charge in [-0.25, -0.2) is 4.98 Å². The van der Waals surface area contributed by atoms with E-state index in [1.54, 1.807) is 6.07 Å². The largest absolute Gasteiger partial charge is 0.495 e. The van der Waals surface area contributed by atoms with E-state index in [9.17, 15) is 9.59 Å². The predicted octanol–water partition coefficient (Wildman–Crippen LogP) is 0.247. The molecule has 1 aromatic heterocycles. The molecule has 0 aliphatic carbocycles. The number of rotatable bonds is 4. The van der Waals surface area contributed by atoms with Crippen LogP contribution in [-0.4, -0.2) is 47.6 Å². The van der Waals surface area contributed by atoms with Crippen molar-refractivity contribution < 1.29 is 19.4 Å². The van der Waals surface area contributed by atoms with Crippen molar-refractivity contribution in [3.8, 4) is 5.75 Å². The Bertz CT molecular complexity index is 388. The number of hydrogen-bond donors (Lipinski definition) is 1. The van der Waals surface area contributed by atoms with Crippen LogP contribution in [-0.2, 0) is 4.79 Å². The van der Waals surface area contributed by atoms with E-state index >= 15 is 0 Å². The minimum absolute atomic E-state index is 0.185. The zero-order chi connectivity index (χ0) is 12.1. The highest BCUT2D eigenvalue weighted by atomic mass is 16.5. The zero-order valence-electron chi connectivity index (χ0n) is 9.01. The van der Waals surface area contributed by atoms with Crippen molar-refractivity contribution in [1.82, 2.24) is 9.88 Å². The van der Waals surface area contributed by atoms with Crippen LogP contribution in [0.4, 0.5) is 0 Å². The van der Waals surface area contributed by atoms with Gasteiger partial charge in [-0.1, -0.05) is 0 Å². The van der Waals surface area contributed by atoms with Crippen molar-refractivity contribution in [2.24, 2.45) is 0 Å². The molecule has 0 fully saturated rings. The van der Waals surface area contributed by atoms with E-state index < -0.39 is 11.9 Å². The highest BCUT2D eigenvalue weighted by molar-refractivity contribution is 5.93. The quantitative estimate of drug-likeness (QED) is 0.792. The molecule has 0 saturated heterocycles. The first kappa shape index (κ1) is 12.0. The van der Waals surface area contributed by atoms with Crippen LogP contribution in [0.15, 0.2) is 18.3 Å². The third kappa shape index (κ3) is 2.94. The number of carboxylic acid groups (broad SMARTS) is 1. The number of ether oxygens (including phenoxy) is 1. The molecular weight excluding hydrogens is 212 g/mol. The Morgan fingerprint density at radius 1 is 1.50 bits per heavy atom. The van der Waals surface area contributed by atoms with Crippen LogP contribution in [0, 0.1) is 0 Å². The molecule has 6 heteroatoms. The Hall–Kier alpha value is -2.11. The third-order valence-electron chi connectivity index (χ3n) is 1.91. The number of aromatic nitrogens is 1. The van der Waals surface area contributed by atoms with E-state index in [-0.39, 0.29) is 12.2 Å². The lowest BCUT2D eigenvalue weighted by Gasteiger charge is -2.13. The molecule has 86 valence electrons. The van der Waals surface area contributed by atoms with E-state index in [4.69, 9.17) is 9.84 Å². The molecule has 0 unspecified atom stereocenters. The second-order valence-corrected chi connectivity index (χ2v) is 3.14. The lowest BCUT2D eigenvalue weighted by Crippen LogP contribution is -2.32. The Morgan fingerprint density at radius 2 is 2.19 bits per heavy atom. The fourth-order valence-electron chi connectivity index (χ4n) is 1.10. The number of methoxy groups -OCH3 is 1. The highest BCUT2D eigenvalue weighted by Crippen LogP contribution is 2.09. The van der Waals surface area contributed by atoms with Gasteiger partial charge in [-0.05, 0) is 12.1 Å². The van der Waals surface area contributed by atoms with Crippen molar-refractivity contribution in [3.63, 3.8) is 0 Å². The summed E-state index contributed by atoms with van der Waals surface area (Å²) in [6.07, 6.45) is 1.40. The summed E-state index contributed by atoms with van der Waals surface area (Å²) in [6.45, 7) is -0.355. The first-order chi connectivity index (χ1) is 7.54. The van der Waals surface area contributed by atoms with E-state index in [2.05, 4.69) is 4.98 Å². The van der Waals surface area contributed by atoms with Gasteiger partial charge >= 0.3 is 5.97 Å². The molecule has 0 aliphatic rings. The molecule has 0 radical (unpaired) electrons. The van der Waals surface area contributed by atoms with Crippen LogP contribution < -0.4 is 4.74 Å². The Kier molecular flexibility index (Phi) is 3.82. The van der Waals surface area contributed by atoms with Crippen molar-refractivity contribution >= 4 is 11.9 Å². The van der Waals surface area contributed by atoms with E-state index in [0.29, 0.717) is 5.75 Å². The lowest BCUT2D eigenvalue weighted by molar-refractivity contribution is -0.137. The maximum Gasteiger partial charge on any atom is 0.323 e. The van der Waals surface area contributed by atoms with Gasteiger partial charge in [0.05, 0.1) is 13.3 Å². The van der Waals surface area contributed by atoms with Crippen LogP contribution in [0.1, 0.15) is 10.5 Å². The van der Waals surface area contributed by atoms with Gasteiger partial charge in [0.2, 0.25) is 0 Å². The molecular formula is C10H12N2O4. The lowest BCUT2D eigenvalue weighted by atomic mass is 10.3. The second-order valence-electron chi connectivity index (χ2n) is 3.14. The minimum atomic E-state index is -1.07. The van der Waals surface area contributed by atoms with Crippen LogP contribution in [0.25, 0.3) is 0 Å². The Labute approximate surface area is 92.5 Å². The summed E-state index contributed by atoms with van der Waals surface area (Å²) < 4.78 is 4.89. The molecule has 0 bridgehead atoms. The number of likely N-dealkylation sites (N-methyl/N-ethyl adjacent to an activating group) is 1. The smallest absolute Gasteiger partial charge is 0.323 e. The predicted molar refractivity (Wildman–Crippen MR) is 55.4 cm³/mol. The van der Waals surface area contributed by atoms with Gasteiger partial charge in [0.1, 0.15) is 18.0 Å². The molecule has 6 nitrogen and oxygen atoms in total. The number of aliphatic carboxylic acids is 1. The van der Waals surface area contributed by atoms with E-state index in [0.717, 1.165) is 4.90 Å². The summed E-state index contributed by atoms with van der Waals surface area (Å²) >= 11 is 0. The molecule has 0 atom stereocenters. The van der Waals surface area contributed by atoms with Crippen LogP contribution >= 0.6 is 0 Å². The maximum absolute atomic E-state index is 11.6. The molecule has 16 heavy (non-hydrogen) atoms. The summed E-state index contributed by atoms with van der Waals surface area (Å²) in [5.74, 6) is -0.966. The number of hydrogen-bond acceptors (Lipinski definition) is 4. The van der Waals surface area contributed by atoms with Gasteiger partial charge in [0, 0.05) is 7.05 Å². The zero-order valence-corrected chi connectivity index (χ0v) is 9.01. The fraction of sp³-hybridized carbons (Fsp3) is 0.300. The number of carbonyl (C=O) groups is 2. The monoisotopic (exact) mass is 224 g/mol. The average molecular weight is 224 g/mol. The van der Waals surface area contributed by atoms with E-state index in [1.165, 1.54) is 26.4 Å². The van der Waals surface area contributed by atoms with Gasteiger partial charge < -0.3 is 14.7 Å². The SMILES string of the molecule is COc1ccc(C(=O)N(C)CC(=O)O)nc1. The normalized spacial score (nSPS) is 9.62. The van der Waals surface area contributed by atoms with Crippen molar-refractivity contribution in [3.05, 3.63) is 24.0 Å². The fourth-order valence-corrected chi connectivity index (χ4v) is 1.10. The summed E-state index contributed by atoms with van der Waals surface area (Å²) in [4.78, 5) is 27.0. The van der Waals surface area contributed by atoms with Gasteiger partial charge in [-0.3, -0.25) is 9.59 Å². The minimum Gasteiger partial charge on any atom is -0.495 e. The number of nitrogens with zero attached hydrogens (tertiary/aromatic N) is 2. The number of carboxylic acids is 1. The maximum atomic E-state index is 11.6. The average Bonchev–Trinajstić information content (AvgIpc) is 2.27. The summed E-state index contributed by atoms with van der Waals surface area (Å²) in [5.41, 5.74) is 0.185. The molecule has 1 heterocycles. The second kappa shape index (κ2) is 5.11. The molecule has 0 spiro atoms. The highest BCUT2D eigenvalue weighted by Gasteiger charge is 2.15. The third-order valence-corrected chi connectivity index (χ3v) is 1.91. The molecule has 1 N–H and O–H groups in total. The first-order valence-electron chi connectivity index (χ1n) is 4.52. The van der Waals surface area contributed by atoms with Crippen LogP contribution in [0.3, 0.4) is 0 Å². The van der Waals surface area contributed by atoms with Gasteiger partial charge in [-0.2, -0.15) is 0 Å². The number of carbonyl (C=O) groups excluding carboxylic acids is 1. The van der Waals surface area contributed by atoms with Crippen molar-refractivity contribution in [2.75, 3.05) is 20.7 Å². The van der Waals surface area contributed by atoms with Crippen molar-refractivity contribution in [1.29, 1.82) is 0 Å². The molecule has 1 aromatic rings. The molecule has 0 saturated carbocycles. The van der Waals surface area contributed by atoms with E-state index in [1.807, 2.05) is 0 Å². The van der Waals surface area contributed by atoms with Crippen LogP contribution in [0.2, 0.25) is 0 Å². The summed E-state index contributed by atoms with van der Waals surface area (Å²) in [5, 5.41) is 8.53. The summed E-state index contributed by atoms with van der Waals surface area (Å²) in [6, 6.07) is 3.08. The topological polar surface area (TPSA) is 79.7 Å². The standard InChI is InChI=1S/C10H12N2O4/c1-12(6-9(13)14)10(15)8-4-3-7(16-2)5-11-8/h3-5H,6H2,1-2H3,(H,13,14). The molecule has 0 aliphatic heterocycles.